The van der Waals surface area contributed by atoms with Gasteiger partial charge >= 0.3 is 0 Å². The highest BCUT2D eigenvalue weighted by molar-refractivity contribution is 6.21. The lowest BCUT2D eigenvalue weighted by atomic mass is 10.1. The molecule has 0 aliphatic carbocycles. The standard InChI is InChI=1S/C19H20N2O3/c1-2-14(24-15-9-7-13(20)8-10-15)11-12-21-18(22)16-5-3-4-6-17(16)19(21)23/h3-10,14H,2,11-12,20H2,1H3. The van der Waals surface area contributed by atoms with Gasteiger partial charge in [0.05, 0.1) is 11.1 Å². The lowest BCUT2D eigenvalue weighted by Gasteiger charge is -2.21. The van der Waals surface area contributed by atoms with E-state index in [-0.39, 0.29) is 17.9 Å². The fourth-order valence-corrected chi connectivity index (χ4v) is 2.80. The van der Waals surface area contributed by atoms with Crippen LogP contribution in [0.25, 0.3) is 0 Å². The smallest absolute Gasteiger partial charge is 0.261 e. The Kier molecular flexibility index (Phi) is 4.51. The van der Waals surface area contributed by atoms with Crippen LogP contribution in [0.4, 0.5) is 5.69 Å². The van der Waals surface area contributed by atoms with Crippen LogP contribution in [0.3, 0.4) is 0 Å². The summed E-state index contributed by atoms with van der Waals surface area (Å²) < 4.78 is 5.92. The van der Waals surface area contributed by atoms with Crippen molar-refractivity contribution in [3.8, 4) is 5.75 Å². The molecule has 0 saturated heterocycles. The van der Waals surface area contributed by atoms with E-state index in [1.165, 1.54) is 4.90 Å². The van der Waals surface area contributed by atoms with Gasteiger partial charge in [0, 0.05) is 18.7 Å². The molecule has 0 spiro atoms. The van der Waals surface area contributed by atoms with Crippen molar-refractivity contribution in [2.24, 2.45) is 0 Å². The largest absolute Gasteiger partial charge is 0.490 e. The molecule has 1 aliphatic heterocycles. The highest BCUT2D eigenvalue weighted by Crippen LogP contribution is 2.24. The van der Waals surface area contributed by atoms with Crippen molar-refractivity contribution in [2.75, 3.05) is 12.3 Å². The van der Waals surface area contributed by atoms with E-state index < -0.39 is 0 Å². The van der Waals surface area contributed by atoms with Crippen LogP contribution in [0.5, 0.6) is 5.75 Å². The number of amides is 2. The molecule has 24 heavy (non-hydrogen) atoms. The van der Waals surface area contributed by atoms with E-state index in [9.17, 15) is 9.59 Å². The van der Waals surface area contributed by atoms with Gasteiger partial charge in [0.1, 0.15) is 11.9 Å². The maximum atomic E-state index is 12.4. The van der Waals surface area contributed by atoms with Crippen LogP contribution in [0.2, 0.25) is 0 Å². The topological polar surface area (TPSA) is 72.6 Å². The van der Waals surface area contributed by atoms with Gasteiger partial charge in [-0.3, -0.25) is 14.5 Å². The second-order valence-electron chi connectivity index (χ2n) is 5.81. The van der Waals surface area contributed by atoms with Crippen molar-refractivity contribution in [1.29, 1.82) is 0 Å². The molecular formula is C19H20N2O3. The normalized spacial score (nSPS) is 14.6. The maximum Gasteiger partial charge on any atom is 0.261 e. The molecule has 0 radical (unpaired) electrons. The first-order chi connectivity index (χ1) is 11.6. The van der Waals surface area contributed by atoms with Gasteiger partial charge in [0.15, 0.2) is 0 Å². The van der Waals surface area contributed by atoms with E-state index >= 15 is 0 Å². The lowest BCUT2D eigenvalue weighted by molar-refractivity contribution is 0.0629. The van der Waals surface area contributed by atoms with Crippen LogP contribution >= 0.6 is 0 Å². The molecule has 5 nitrogen and oxygen atoms in total. The molecule has 5 heteroatoms. The summed E-state index contributed by atoms with van der Waals surface area (Å²) in [7, 11) is 0. The zero-order valence-electron chi connectivity index (χ0n) is 13.6. The summed E-state index contributed by atoms with van der Waals surface area (Å²) in [5, 5.41) is 0. The predicted molar refractivity (Wildman–Crippen MR) is 92.0 cm³/mol. The van der Waals surface area contributed by atoms with E-state index in [0.717, 1.165) is 12.2 Å². The van der Waals surface area contributed by atoms with Crippen molar-refractivity contribution >= 4 is 17.5 Å². The number of hydrogen-bond acceptors (Lipinski definition) is 4. The number of nitrogens with two attached hydrogens (primary N) is 1. The number of carbonyl (C=O) groups excluding carboxylic acids is 2. The minimum Gasteiger partial charge on any atom is -0.490 e. The Morgan fingerprint density at radius 2 is 1.58 bits per heavy atom. The van der Waals surface area contributed by atoms with E-state index in [4.69, 9.17) is 10.5 Å². The molecular weight excluding hydrogens is 304 g/mol. The number of carbonyl (C=O) groups is 2. The molecule has 3 rings (SSSR count). The van der Waals surface area contributed by atoms with Crippen molar-refractivity contribution in [2.45, 2.75) is 25.9 Å². The Bertz CT molecular complexity index is 720. The minimum atomic E-state index is -0.224. The number of imide groups is 1. The fraction of sp³-hybridized carbons (Fsp3) is 0.263. The average Bonchev–Trinajstić information content (AvgIpc) is 2.85. The first kappa shape index (κ1) is 16.1. The van der Waals surface area contributed by atoms with Crippen LogP contribution in [0.15, 0.2) is 48.5 Å². The first-order valence-corrected chi connectivity index (χ1v) is 8.07. The summed E-state index contributed by atoms with van der Waals surface area (Å²) in [4.78, 5) is 26.0. The Labute approximate surface area is 141 Å². The van der Waals surface area contributed by atoms with E-state index in [2.05, 4.69) is 0 Å². The first-order valence-electron chi connectivity index (χ1n) is 8.07. The van der Waals surface area contributed by atoms with E-state index in [0.29, 0.717) is 29.8 Å². The Balaban J connectivity index is 1.63. The van der Waals surface area contributed by atoms with Crippen molar-refractivity contribution in [3.05, 3.63) is 59.7 Å². The highest BCUT2D eigenvalue weighted by atomic mass is 16.5. The van der Waals surface area contributed by atoms with Crippen LogP contribution in [-0.2, 0) is 0 Å². The molecule has 2 aromatic rings. The maximum absolute atomic E-state index is 12.4. The number of nitrogens with zero attached hydrogens (tertiary/aromatic N) is 1. The average molecular weight is 324 g/mol. The summed E-state index contributed by atoms with van der Waals surface area (Å²) in [5.41, 5.74) is 7.31. The molecule has 1 atom stereocenters. The van der Waals surface area contributed by atoms with Gasteiger partial charge in [-0.25, -0.2) is 0 Å². The third-order valence-electron chi connectivity index (χ3n) is 4.19. The summed E-state index contributed by atoms with van der Waals surface area (Å²) >= 11 is 0. The van der Waals surface area contributed by atoms with Gasteiger partial charge in [-0.05, 0) is 42.8 Å². The fourth-order valence-electron chi connectivity index (χ4n) is 2.80. The Hall–Kier alpha value is -2.82. The zero-order valence-corrected chi connectivity index (χ0v) is 13.6. The summed E-state index contributed by atoms with van der Waals surface area (Å²) in [6.07, 6.45) is 1.30. The number of benzene rings is 2. The number of hydrogen-bond donors (Lipinski definition) is 1. The number of anilines is 1. The second-order valence-corrected chi connectivity index (χ2v) is 5.81. The molecule has 2 amide bonds. The van der Waals surface area contributed by atoms with Gasteiger partial charge in [-0.2, -0.15) is 0 Å². The molecule has 0 fully saturated rings. The zero-order chi connectivity index (χ0) is 17.1. The van der Waals surface area contributed by atoms with Crippen LogP contribution in [0.1, 0.15) is 40.5 Å². The number of fused-ring (bicyclic) bond motifs is 1. The quantitative estimate of drug-likeness (QED) is 0.654. The molecule has 1 aliphatic rings. The van der Waals surface area contributed by atoms with Gasteiger partial charge < -0.3 is 10.5 Å². The molecule has 1 unspecified atom stereocenters. The van der Waals surface area contributed by atoms with Crippen LogP contribution in [0, 0.1) is 0 Å². The van der Waals surface area contributed by atoms with Gasteiger partial charge in [0.25, 0.3) is 11.8 Å². The van der Waals surface area contributed by atoms with Crippen LogP contribution < -0.4 is 10.5 Å². The van der Waals surface area contributed by atoms with E-state index in [1.807, 2.05) is 19.1 Å². The third kappa shape index (κ3) is 3.11. The molecule has 124 valence electrons. The minimum absolute atomic E-state index is 0.0714. The lowest BCUT2D eigenvalue weighted by Crippen LogP contribution is -2.33. The Morgan fingerprint density at radius 1 is 1.00 bits per heavy atom. The van der Waals surface area contributed by atoms with E-state index in [1.54, 1.807) is 36.4 Å². The van der Waals surface area contributed by atoms with Crippen molar-refractivity contribution < 1.29 is 14.3 Å². The summed E-state index contributed by atoms with van der Waals surface area (Å²) in [6, 6.07) is 14.1. The van der Waals surface area contributed by atoms with Crippen molar-refractivity contribution in [1.82, 2.24) is 4.90 Å². The molecule has 0 saturated carbocycles. The number of rotatable bonds is 6. The molecule has 1 heterocycles. The molecule has 2 aromatic carbocycles. The van der Waals surface area contributed by atoms with Crippen molar-refractivity contribution in [3.63, 3.8) is 0 Å². The van der Waals surface area contributed by atoms with Gasteiger partial charge in [0.2, 0.25) is 0 Å². The highest BCUT2D eigenvalue weighted by Gasteiger charge is 2.35. The predicted octanol–water partition coefficient (Wildman–Crippen LogP) is 3.11. The summed E-state index contributed by atoms with van der Waals surface area (Å²) in [6.45, 7) is 2.37. The van der Waals surface area contributed by atoms with Gasteiger partial charge in [-0.1, -0.05) is 19.1 Å². The van der Waals surface area contributed by atoms with Gasteiger partial charge in [-0.15, -0.1) is 0 Å². The number of ether oxygens (including phenoxy) is 1. The molecule has 2 N–H and O–H groups in total. The molecule has 0 bridgehead atoms. The summed E-state index contributed by atoms with van der Waals surface area (Å²) in [5.74, 6) is 0.286. The second kappa shape index (κ2) is 6.74. The SMILES string of the molecule is CCC(CCN1C(=O)c2ccccc2C1=O)Oc1ccc(N)cc1. The Morgan fingerprint density at radius 3 is 2.12 bits per heavy atom. The molecule has 0 aromatic heterocycles. The van der Waals surface area contributed by atoms with Crippen LogP contribution in [-0.4, -0.2) is 29.4 Å². The number of nitrogen functional groups attached to an aromatic ring is 1. The monoisotopic (exact) mass is 324 g/mol. The third-order valence-corrected chi connectivity index (χ3v) is 4.19.